The molecule has 1 aromatic heterocycles. The lowest BCUT2D eigenvalue weighted by atomic mass is 10.1. The van der Waals surface area contributed by atoms with E-state index < -0.39 is 0 Å². The number of nitrogens with one attached hydrogen (secondary N) is 1. The second-order valence-corrected chi connectivity index (χ2v) is 4.79. The molecule has 1 unspecified atom stereocenters. The molecular formula is C16H19N3O. The van der Waals surface area contributed by atoms with Crippen LogP contribution in [0.1, 0.15) is 24.1 Å². The third kappa shape index (κ3) is 3.82. The summed E-state index contributed by atoms with van der Waals surface area (Å²) in [6, 6.07) is 13.6. The van der Waals surface area contributed by atoms with E-state index >= 15 is 0 Å². The number of carbonyl (C=O) groups excluding carboxylic acids is 1. The van der Waals surface area contributed by atoms with Crippen LogP contribution in [0, 0.1) is 0 Å². The van der Waals surface area contributed by atoms with Crippen LogP contribution in [-0.2, 0) is 6.54 Å². The molecule has 0 spiro atoms. The maximum Gasteiger partial charge on any atom is 0.317 e. The first-order chi connectivity index (χ1) is 9.66. The number of rotatable bonds is 4. The molecule has 4 heteroatoms. The average Bonchev–Trinajstić information content (AvgIpc) is 2.49. The Morgan fingerprint density at radius 1 is 1.20 bits per heavy atom. The van der Waals surface area contributed by atoms with Gasteiger partial charge in [0.15, 0.2) is 0 Å². The van der Waals surface area contributed by atoms with E-state index in [1.807, 2.05) is 49.4 Å². The smallest absolute Gasteiger partial charge is 0.317 e. The van der Waals surface area contributed by atoms with Crippen LogP contribution in [0.4, 0.5) is 4.79 Å². The van der Waals surface area contributed by atoms with Crippen LogP contribution in [0.2, 0.25) is 0 Å². The van der Waals surface area contributed by atoms with E-state index in [9.17, 15) is 4.79 Å². The number of hydrogen-bond donors (Lipinski definition) is 1. The summed E-state index contributed by atoms with van der Waals surface area (Å²) >= 11 is 0. The van der Waals surface area contributed by atoms with Gasteiger partial charge in [-0.1, -0.05) is 30.3 Å². The molecule has 1 N–H and O–H groups in total. The molecule has 20 heavy (non-hydrogen) atoms. The van der Waals surface area contributed by atoms with Crippen molar-refractivity contribution < 1.29 is 4.79 Å². The summed E-state index contributed by atoms with van der Waals surface area (Å²) in [7, 11) is 1.79. The minimum absolute atomic E-state index is 0.0382. The highest BCUT2D eigenvalue weighted by Crippen LogP contribution is 2.11. The van der Waals surface area contributed by atoms with Gasteiger partial charge in [-0.15, -0.1) is 0 Å². The SMILES string of the molecule is CC(NC(=O)N(C)Cc1ccccc1)c1ccncc1. The van der Waals surface area contributed by atoms with Crippen molar-refractivity contribution in [3.63, 3.8) is 0 Å². The molecule has 1 atom stereocenters. The number of nitrogens with zero attached hydrogens (tertiary/aromatic N) is 2. The number of hydrogen-bond acceptors (Lipinski definition) is 2. The Morgan fingerprint density at radius 3 is 2.50 bits per heavy atom. The Hall–Kier alpha value is -2.36. The fraction of sp³-hybridized carbons (Fsp3) is 0.250. The Bertz CT molecular complexity index is 542. The molecule has 104 valence electrons. The quantitative estimate of drug-likeness (QED) is 0.927. The van der Waals surface area contributed by atoms with Crippen molar-refractivity contribution in [2.45, 2.75) is 19.5 Å². The molecule has 0 saturated carbocycles. The normalized spacial score (nSPS) is 11.7. The van der Waals surface area contributed by atoms with Gasteiger partial charge in [-0.05, 0) is 30.2 Å². The minimum atomic E-state index is -0.0850. The largest absolute Gasteiger partial charge is 0.331 e. The van der Waals surface area contributed by atoms with E-state index in [4.69, 9.17) is 0 Å². The summed E-state index contributed by atoms with van der Waals surface area (Å²) in [5, 5.41) is 2.98. The van der Waals surface area contributed by atoms with Crippen molar-refractivity contribution >= 4 is 6.03 Å². The van der Waals surface area contributed by atoms with E-state index in [2.05, 4.69) is 10.3 Å². The zero-order valence-corrected chi connectivity index (χ0v) is 11.8. The summed E-state index contributed by atoms with van der Waals surface area (Å²) in [4.78, 5) is 17.8. The van der Waals surface area contributed by atoms with Crippen LogP contribution < -0.4 is 5.32 Å². The van der Waals surface area contributed by atoms with Gasteiger partial charge in [0, 0.05) is 26.0 Å². The third-order valence-corrected chi connectivity index (χ3v) is 3.16. The van der Waals surface area contributed by atoms with E-state index in [0.717, 1.165) is 11.1 Å². The maximum atomic E-state index is 12.1. The molecule has 0 aliphatic carbocycles. The molecule has 4 nitrogen and oxygen atoms in total. The van der Waals surface area contributed by atoms with E-state index in [0.29, 0.717) is 6.54 Å². The Balaban J connectivity index is 1.91. The van der Waals surface area contributed by atoms with Gasteiger partial charge >= 0.3 is 6.03 Å². The standard InChI is InChI=1S/C16H19N3O/c1-13(15-8-10-17-11-9-15)18-16(20)19(2)12-14-6-4-3-5-7-14/h3-11,13H,12H2,1-2H3,(H,18,20). The van der Waals surface area contributed by atoms with Crippen molar-refractivity contribution in [2.24, 2.45) is 0 Å². The van der Waals surface area contributed by atoms with Gasteiger partial charge in [-0.25, -0.2) is 4.79 Å². The maximum absolute atomic E-state index is 12.1. The van der Waals surface area contributed by atoms with Crippen LogP contribution in [-0.4, -0.2) is 23.0 Å². The van der Waals surface area contributed by atoms with Crippen molar-refractivity contribution in [1.29, 1.82) is 0 Å². The van der Waals surface area contributed by atoms with Crippen molar-refractivity contribution in [3.05, 3.63) is 66.0 Å². The molecule has 2 rings (SSSR count). The first kappa shape index (κ1) is 14.1. The van der Waals surface area contributed by atoms with Gasteiger partial charge in [0.1, 0.15) is 0 Å². The number of aromatic nitrogens is 1. The lowest BCUT2D eigenvalue weighted by molar-refractivity contribution is 0.203. The van der Waals surface area contributed by atoms with Crippen LogP contribution in [0.15, 0.2) is 54.9 Å². The van der Waals surface area contributed by atoms with Crippen LogP contribution in [0.5, 0.6) is 0 Å². The summed E-state index contributed by atoms with van der Waals surface area (Å²) < 4.78 is 0. The highest BCUT2D eigenvalue weighted by molar-refractivity contribution is 5.74. The summed E-state index contributed by atoms with van der Waals surface area (Å²) in [6.45, 7) is 2.55. The third-order valence-electron chi connectivity index (χ3n) is 3.16. The molecule has 0 aliphatic rings. The predicted octanol–water partition coefficient (Wildman–Crippen LogP) is 2.98. The summed E-state index contributed by atoms with van der Waals surface area (Å²) in [5.41, 5.74) is 2.16. The molecule has 0 radical (unpaired) electrons. The predicted molar refractivity (Wildman–Crippen MR) is 79.1 cm³/mol. The van der Waals surface area contributed by atoms with Gasteiger partial charge in [-0.2, -0.15) is 0 Å². The molecule has 2 aromatic rings. The minimum Gasteiger partial charge on any atom is -0.331 e. The lowest BCUT2D eigenvalue weighted by Gasteiger charge is -2.21. The highest BCUT2D eigenvalue weighted by Gasteiger charge is 2.13. The van der Waals surface area contributed by atoms with E-state index in [1.165, 1.54) is 0 Å². The summed E-state index contributed by atoms with van der Waals surface area (Å²) in [6.07, 6.45) is 3.46. The second kappa shape index (κ2) is 6.70. The molecule has 1 heterocycles. The number of urea groups is 1. The molecule has 1 aromatic carbocycles. The van der Waals surface area contributed by atoms with Crippen molar-refractivity contribution in [2.75, 3.05) is 7.05 Å². The van der Waals surface area contributed by atoms with Gasteiger partial charge in [0.05, 0.1) is 6.04 Å². The van der Waals surface area contributed by atoms with Gasteiger partial charge in [0.2, 0.25) is 0 Å². The van der Waals surface area contributed by atoms with Crippen LogP contribution in [0.25, 0.3) is 0 Å². The topological polar surface area (TPSA) is 45.2 Å². The number of carbonyl (C=O) groups is 1. The van der Waals surface area contributed by atoms with Gasteiger partial charge < -0.3 is 10.2 Å². The highest BCUT2D eigenvalue weighted by atomic mass is 16.2. The van der Waals surface area contributed by atoms with Gasteiger partial charge in [0.25, 0.3) is 0 Å². The first-order valence-electron chi connectivity index (χ1n) is 6.62. The lowest BCUT2D eigenvalue weighted by Crippen LogP contribution is -2.38. The number of benzene rings is 1. The second-order valence-electron chi connectivity index (χ2n) is 4.79. The Kier molecular flexibility index (Phi) is 4.71. The van der Waals surface area contributed by atoms with E-state index in [-0.39, 0.29) is 12.1 Å². The Morgan fingerprint density at radius 2 is 1.85 bits per heavy atom. The zero-order chi connectivity index (χ0) is 14.4. The average molecular weight is 269 g/mol. The van der Waals surface area contributed by atoms with Crippen molar-refractivity contribution in [3.8, 4) is 0 Å². The molecule has 0 aliphatic heterocycles. The molecule has 2 amide bonds. The fourth-order valence-electron chi connectivity index (χ4n) is 1.96. The Labute approximate surface area is 119 Å². The van der Waals surface area contributed by atoms with Crippen LogP contribution in [0.3, 0.4) is 0 Å². The zero-order valence-electron chi connectivity index (χ0n) is 11.8. The molecule has 0 bridgehead atoms. The molecular weight excluding hydrogens is 250 g/mol. The summed E-state index contributed by atoms with van der Waals surface area (Å²) in [5.74, 6) is 0. The van der Waals surface area contributed by atoms with Gasteiger partial charge in [-0.3, -0.25) is 4.98 Å². The van der Waals surface area contributed by atoms with E-state index in [1.54, 1.807) is 24.3 Å². The number of amides is 2. The fourth-order valence-corrected chi connectivity index (χ4v) is 1.96. The monoisotopic (exact) mass is 269 g/mol. The van der Waals surface area contributed by atoms with Crippen LogP contribution >= 0.6 is 0 Å². The van der Waals surface area contributed by atoms with Crippen molar-refractivity contribution in [1.82, 2.24) is 15.2 Å². The molecule has 0 saturated heterocycles. The number of pyridine rings is 1. The molecule has 0 fully saturated rings. The first-order valence-corrected chi connectivity index (χ1v) is 6.62.